The summed E-state index contributed by atoms with van der Waals surface area (Å²) in [5.41, 5.74) is 1.21. The van der Waals surface area contributed by atoms with Crippen LogP contribution in [-0.2, 0) is 4.74 Å². The van der Waals surface area contributed by atoms with Crippen LogP contribution in [0.5, 0.6) is 0 Å². The molecule has 0 spiro atoms. The van der Waals surface area contributed by atoms with Crippen LogP contribution in [0.15, 0.2) is 49.1 Å². The third-order valence-electron chi connectivity index (χ3n) is 1.79. The van der Waals surface area contributed by atoms with Crippen molar-refractivity contribution in [3.8, 4) is 0 Å². The summed E-state index contributed by atoms with van der Waals surface area (Å²) in [6.45, 7) is 5.05. The Balaban J connectivity index is 2.18. The molecule has 74 valence electrons. The maximum atomic E-state index is 5.34. The van der Waals surface area contributed by atoms with E-state index < -0.39 is 0 Å². The molecule has 0 aromatic heterocycles. The zero-order valence-corrected chi connectivity index (χ0v) is 8.36. The van der Waals surface area contributed by atoms with Gasteiger partial charge in [0.05, 0.1) is 13.2 Å². The Morgan fingerprint density at radius 1 is 1.21 bits per heavy atom. The van der Waals surface area contributed by atoms with Crippen LogP contribution in [-0.4, -0.2) is 13.2 Å². The molecule has 1 aromatic carbocycles. The van der Waals surface area contributed by atoms with Crippen molar-refractivity contribution in [3.05, 3.63) is 54.6 Å². The van der Waals surface area contributed by atoms with Crippen molar-refractivity contribution in [2.24, 2.45) is 0 Å². The average Bonchev–Trinajstić information content (AvgIpc) is 2.25. The Bertz CT molecular complexity index is 275. The van der Waals surface area contributed by atoms with Gasteiger partial charge in [0, 0.05) is 0 Å². The highest BCUT2D eigenvalue weighted by molar-refractivity contribution is 5.48. The van der Waals surface area contributed by atoms with E-state index >= 15 is 0 Å². The molecule has 0 aliphatic heterocycles. The summed E-state index contributed by atoms with van der Waals surface area (Å²) >= 11 is 0. The number of ether oxygens (including phenoxy) is 1. The van der Waals surface area contributed by atoms with E-state index in [9.17, 15) is 0 Å². The Kier molecular flexibility index (Phi) is 5.45. The molecular formula is C13H16O. The first-order valence-corrected chi connectivity index (χ1v) is 4.83. The highest BCUT2D eigenvalue weighted by Crippen LogP contribution is 2.00. The van der Waals surface area contributed by atoms with Crippen LogP contribution in [0.25, 0.3) is 6.08 Å². The predicted molar refractivity (Wildman–Crippen MR) is 61.1 cm³/mol. The molecule has 0 aliphatic carbocycles. The number of rotatable bonds is 6. The molecule has 0 radical (unpaired) electrons. The molecule has 0 heterocycles. The molecule has 0 amide bonds. The predicted octanol–water partition coefficient (Wildman–Crippen LogP) is 3.29. The van der Waals surface area contributed by atoms with Crippen molar-refractivity contribution in [2.75, 3.05) is 13.2 Å². The summed E-state index contributed by atoms with van der Waals surface area (Å²) in [6.07, 6.45) is 6.87. The summed E-state index contributed by atoms with van der Waals surface area (Å²) in [7, 11) is 0. The van der Waals surface area contributed by atoms with Crippen LogP contribution >= 0.6 is 0 Å². The van der Waals surface area contributed by atoms with E-state index in [1.54, 1.807) is 0 Å². The molecule has 0 unspecified atom stereocenters. The van der Waals surface area contributed by atoms with Gasteiger partial charge in [-0.2, -0.15) is 0 Å². The van der Waals surface area contributed by atoms with Gasteiger partial charge in [-0.1, -0.05) is 48.6 Å². The van der Waals surface area contributed by atoms with Gasteiger partial charge >= 0.3 is 0 Å². The first-order chi connectivity index (χ1) is 6.93. The lowest BCUT2D eigenvalue weighted by Crippen LogP contribution is -1.91. The lowest BCUT2D eigenvalue weighted by molar-refractivity contribution is 0.168. The first-order valence-electron chi connectivity index (χ1n) is 4.83. The van der Waals surface area contributed by atoms with Crippen LogP contribution in [0.4, 0.5) is 0 Å². The fourth-order valence-electron chi connectivity index (χ4n) is 1.07. The Labute approximate surface area is 85.7 Å². The summed E-state index contributed by atoms with van der Waals surface area (Å²) in [5.74, 6) is 0. The van der Waals surface area contributed by atoms with Crippen LogP contribution < -0.4 is 0 Å². The molecule has 0 saturated heterocycles. The number of hydrogen-bond acceptors (Lipinski definition) is 1. The van der Waals surface area contributed by atoms with Crippen molar-refractivity contribution in [1.82, 2.24) is 0 Å². The van der Waals surface area contributed by atoms with E-state index in [0.717, 1.165) is 13.0 Å². The van der Waals surface area contributed by atoms with Crippen molar-refractivity contribution >= 4 is 6.08 Å². The zero-order chi connectivity index (χ0) is 10.1. The van der Waals surface area contributed by atoms with Gasteiger partial charge in [0.25, 0.3) is 0 Å². The Hall–Kier alpha value is -1.34. The van der Waals surface area contributed by atoms with Crippen molar-refractivity contribution in [2.45, 2.75) is 6.42 Å². The van der Waals surface area contributed by atoms with Gasteiger partial charge in [-0.25, -0.2) is 0 Å². The second-order valence-corrected chi connectivity index (χ2v) is 2.97. The molecule has 0 fully saturated rings. The lowest BCUT2D eigenvalue weighted by Gasteiger charge is -1.96. The maximum absolute atomic E-state index is 5.34. The molecule has 1 nitrogen and oxygen atoms in total. The smallest absolute Gasteiger partial charge is 0.0650 e. The van der Waals surface area contributed by atoms with E-state index in [0.29, 0.717) is 6.61 Å². The quantitative estimate of drug-likeness (QED) is 0.491. The Morgan fingerprint density at radius 3 is 2.71 bits per heavy atom. The molecule has 0 saturated carbocycles. The highest BCUT2D eigenvalue weighted by atomic mass is 16.5. The average molecular weight is 188 g/mol. The van der Waals surface area contributed by atoms with Crippen LogP contribution in [0.1, 0.15) is 12.0 Å². The molecule has 1 rings (SSSR count). The fraction of sp³-hybridized carbons (Fsp3) is 0.231. The largest absolute Gasteiger partial charge is 0.377 e. The zero-order valence-electron chi connectivity index (χ0n) is 8.36. The van der Waals surface area contributed by atoms with Gasteiger partial charge in [0.1, 0.15) is 0 Å². The first kappa shape index (κ1) is 10.7. The van der Waals surface area contributed by atoms with Gasteiger partial charge in [-0.05, 0) is 12.0 Å². The molecule has 14 heavy (non-hydrogen) atoms. The van der Waals surface area contributed by atoms with E-state index in [4.69, 9.17) is 4.74 Å². The molecule has 1 aromatic rings. The minimum atomic E-state index is 0.669. The summed E-state index contributed by atoms with van der Waals surface area (Å²) < 4.78 is 5.34. The third kappa shape index (κ3) is 4.63. The maximum Gasteiger partial charge on any atom is 0.0650 e. The van der Waals surface area contributed by atoms with Crippen LogP contribution in [0.3, 0.4) is 0 Å². The molecule has 0 bridgehead atoms. The van der Waals surface area contributed by atoms with Gasteiger partial charge in [-0.15, -0.1) is 6.58 Å². The van der Waals surface area contributed by atoms with E-state index in [-0.39, 0.29) is 0 Å². The number of hydrogen-bond donors (Lipinski definition) is 0. The van der Waals surface area contributed by atoms with E-state index in [1.165, 1.54) is 5.56 Å². The van der Waals surface area contributed by atoms with Crippen LogP contribution in [0.2, 0.25) is 0 Å². The van der Waals surface area contributed by atoms with Crippen molar-refractivity contribution < 1.29 is 4.74 Å². The minimum Gasteiger partial charge on any atom is -0.377 e. The van der Waals surface area contributed by atoms with E-state index in [1.807, 2.05) is 30.4 Å². The van der Waals surface area contributed by atoms with Crippen molar-refractivity contribution in [1.29, 1.82) is 0 Å². The monoisotopic (exact) mass is 188 g/mol. The molecular weight excluding hydrogens is 172 g/mol. The molecule has 0 aliphatic rings. The van der Waals surface area contributed by atoms with Crippen molar-refractivity contribution in [3.63, 3.8) is 0 Å². The van der Waals surface area contributed by atoms with Crippen LogP contribution in [0, 0.1) is 0 Å². The highest BCUT2D eigenvalue weighted by Gasteiger charge is 1.83. The standard InChI is InChI=1S/C13H16O/c1-2-3-11-14-12-7-10-13-8-5-4-6-9-13/h2,4-10H,1,3,11-12H2/b10-7+. The normalized spacial score (nSPS) is 10.6. The van der Waals surface area contributed by atoms with E-state index in [2.05, 4.69) is 24.8 Å². The fourth-order valence-corrected chi connectivity index (χ4v) is 1.07. The van der Waals surface area contributed by atoms with Gasteiger partial charge in [0.2, 0.25) is 0 Å². The summed E-state index contributed by atoms with van der Waals surface area (Å²) in [4.78, 5) is 0. The summed E-state index contributed by atoms with van der Waals surface area (Å²) in [6, 6.07) is 10.2. The second-order valence-electron chi connectivity index (χ2n) is 2.97. The summed E-state index contributed by atoms with van der Waals surface area (Å²) in [5, 5.41) is 0. The topological polar surface area (TPSA) is 9.23 Å². The second kappa shape index (κ2) is 7.10. The molecule has 1 heteroatoms. The molecule has 0 atom stereocenters. The van der Waals surface area contributed by atoms with Gasteiger partial charge in [-0.3, -0.25) is 0 Å². The minimum absolute atomic E-state index is 0.669. The SMILES string of the molecule is C=CCCOC/C=C/c1ccccc1. The van der Waals surface area contributed by atoms with Gasteiger partial charge < -0.3 is 4.74 Å². The van der Waals surface area contributed by atoms with Gasteiger partial charge in [0.15, 0.2) is 0 Å². The lowest BCUT2D eigenvalue weighted by atomic mass is 10.2. The number of benzene rings is 1. The Morgan fingerprint density at radius 2 is 2.00 bits per heavy atom. The third-order valence-corrected chi connectivity index (χ3v) is 1.79. The molecule has 0 N–H and O–H groups in total.